The van der Waals surface area contributed by atoms with E-state index in [9.17, 15) is 9.59 Å². The Morgan fingerprint density at radius 3 is 2.70 bits per heavy atom. The van der Waals surface area contributed by atoms with E-state index in [0.29, 0.717) is 24.7 Å². The van der Waals surface area contributed by atoms with Crippen LogP contribution in [-0.4, -0.2) is 49.6 Å². The maximum Gasteiger partial charge on any atom is 0.245 e. The molecule has 6 heteroatoms. The molecule has 1 aliphatic rings. The number of amides is 2. The highest BCUT2D eigenvalue weighted by molar-refractivity contribution is 5.94. The largest absolute Gasteiger partial charge is 0.493 e. The summed E-state index contributed by atoms with van der Waals surface area (Å²) in [4.78, 5) is 24.8. The highest BCUT2D eigenvalue weighted by Crippen LogP contribution is 2.25. The van der Waals surface area contributed by atoms with Crippen LogP contribution in [0, 0.1) is 0 Å². The van der Waals surface area contributed by atoms with Gasteiger partial charge in [-0.3, -0.25) is 9.59 Å². The zero-order valence-electron chi connectivity index (χ0n) is 11.6. The Labute approximate surface area is 117 Å². The van der Waals surface area contributed by atoms with Gasteiger partial charge in [-0.1, -0.05) is 12.1 Å². The molecule has 0 aromatic heterocycles. The molecule has 1 aliphatic heterocycles. The fraction of sp³-hybridized carbons (Fsp3) is 0.429. The second-order valence-corrected chi connectivity index (χ2v) is 4.55. The van der Waals surface area contributed by atoms with Crippen LogP contribution in [0.15, 0.2) is 24.3 Å². The zero-order chi connectivity index (χ0) is 14.5. The molecule has 2 rings (SSSR count). The molecule has 20 heavy (non-hydrogen) atoms. The Hall–Kier alpha value is -2.24. The molecule has 1 heterocycles. The van der Waals surface area contributed by atoms with Crippen LogP contribution in [0.25, 0.3) is 0 Å². The van der Waals surface area contributed by atoms with Gasteiger partial charge in [0.05, 0.1) is 20.2 Å². The molecule has 1 saturated heterocycles. The van der Waals surface area contributed by atoms with E-state index < -0.39 is 6.04 Å². The van der Waals surface area contributed by atoms with Crippen molar-refractivity contribution in [2.24, 2.45) is 0 Å². The van der Waals surface area contributed by atoms with Crippen molar-refractivity contribution >= 4 is 11.8 Å². The Morgan fingerprint density at radius 1 is 1.30 bits per heavy atom. The quantitative estimate of drug-likeness (QED) is 0.847. The molecule has 0 spiro atoms. The minimum absolute atomic E-state index is 0.0818. The summed E-state index contributed by atoms with van der Waals surface area (Å²) in [5, 5.41) is 2.59. The van der Waals surface area contributed by atoms with Gasteiger partial charge in [0.2, 0.25) is 11.8 Å². The van der Waals surface area contributed by atoms with Gasteiger partial charge in [0.15, 0.2) is 11.5 Å². The lowest BCUT2D eigenvalue weighted by molar-refractivity contribution is -0.144. The minimum atomic E-state index is -0.470. The van der Waals surface area contributed by atoms with Crippen molar-refractivity contribution in [1.29, 1.82) is 0 Å². The smallest absolute Gasteiger partial charge is 0.245 e. The Morgan fingerprint density at radius 2 is 2.00 bits per heavy atom. The number of nitrogens with zero attached hydrogens (tertiary/aromatic N) is 1. The van der Waals surface area contributed by atoms with Gasteiger partial charge in [0, 0.05) is 0 Å². The molecule has 0 bridgehead atoms. The summed E-state index contributed by atoms with van der Waals surface area (Å²) in [6, 6.07) is 6.83. The number of hydrogen-bond acceptors (Lipinski definition) is 4. The highest BCUT2D eigenvalue weighted by Gasteiger charge is 2.29. The average Bonchev–Trinajstić information content (AvgIpc) is 2.44. The maximum absolute atomic E-state index is 11.9. The summed E-state index contributed by atoms with van der Waals surface area (Å²) in [7, 11) is 1.57. The van der Waals surface area contributed by atoms with Crippen LogP contribution in [0.4, 0.5) is 0 Å². The van der Waals surface area contributed by atoms with E-state index in [1.54, 1.807) is 26.2 Å². The normalized spacial score (nSPS) is 18.7. The third-order valence-corrected chi connectivity index (χ3v) is 3.08. The number of hydrogen-bond donors (Lipinski definition) is 1. The van der Waals surface area contributed by atoms with Crippen LogP contribution in [0.2, 0.25) is 0 Å². The van der Waals surface area contributed by atoms with E-state index in [2.05, 4.69) is 5.32 Å². The van der Waals surface area contributed by atoms with Gasteiger partial charge >= 0.3 is 0 Å². The number of para-hydroxylation sites is 2. The molecular weight excluding hydrogens is 260 g/mol. The summed E-state index contributed by atoms with van der Waals surface area (Å²) in [6.45, 7) is 2.44. The lowest BCUT2D eigenvalue weighted by atomic mass is 10.2. The van der Waals surface area contributed by atoms with Gasteiger partial charge in [0.25, 0.3) is 0 Å². The Kier molecular flexibility index (Phi) is 4.45. The molecule has 0 aliphatic carbocycles. The fourth-order valence-corrected chi connectivity index (χ4v) is 2.07. The summed E-state index contributed by atoms with van der Waals surface area (Å²) < 4.78 is 10.8. The molecule has 1 fully saturated rings. The van der Waals surface area contributed by atoms with Crippen LogP contribution in [0.5, 0.6) is 11.5 Å². The van der Waals surface area contributed by atoms with Gasteiger partial charge in [-0.05, 0) is 19.1 Å². The summed E-state index contributed by atoms with van der Waals surface area (Å²) >= 11 is 0. The minimum Gasteiger partial charge on any atom is -0.493 e. The number of carbonyl (C=O) groups is 2. The van der Waals surface area contributed by atoms with E-state index in [0.717, 1.165) is 0 Å². The second-order valence-electron chi connectivity index (χ2n) is 4.55. The van der Waals surface area contributed by atoms with Crippen LogP contribution < -0.4 is 14.8 Å². The molecule has 1 unspecified atom stereocenters. The maximum atomic E-state index is 11.9. The third kappa shape index (κ3) is 3.20. The first-order chi connectivity index (χ1) is 9.61. The molecule has 2 amide bonds. The van der Waals surface area contributed by atoms with E-state index in [1.807, 2.05) is 12.1 Å². The SMILES string of the molecule is COc1ccccc1OCCN1CC(=O)NC(C)C1=O. The number of rotatable bonds is 5. The van der Waals surface area contributed by atoms with Crippen LogP contribution in [0.3, 0.4) is 0 Å². The van der Waals surface area contributed by atoms with Gasteiger partial charge < -0.3 is 19.7 Å². The van der Waals surface area contributed by atoms with Crippen molar-refractivity contribution < 1.29 is 19.1 Å². The van der Waals surface area contributed by atoms with Crippen molar-refractivity contribution in [3.05, 3.63) is 24.3 Å². The standard InChI is InChI=1S/C14H18N2O4/c1-10-14(18)16(9-13(17)15-10)7-8-20-12-6-4-3-5-11(12)19-2/h3-6,10H,7-9H2,1-2H3,(H,15,17). The summed E-state index contributed by atoms with van der Waals surface area (Å²) in [6.07, 6.45) is 0. The topological polar surface area (TPSA) is 67.9 Å². The lowest BCUT2D eigenvalue weighted by Crippen LogP contribution is -2.57. The molecule has 6 nitrogen and oxygen atoms in total. The van der Waals surface area contributed by atoms with Crippen LogP contribution in [0.1, 0.15) is 6.92 Å². The molecular formula is C14H18N2O4. The third-order valence-electron chi connectivity index (χ3n) is 3.08. The fourth-order valence-electron chi connectivity index (χ4n) is 2.07. The molecule has 108 valence electrons. The van der Waals surface area contributed by atoms with Crippen molar-refractivity contribution in [3.8, 4) is 11.5 Å². The number of benzene rings is 1. The first-order valence-electron chi connectivity index (χ1n) is 6.46. The van der Waals surface area contributed by atoms with Crippen LogP contribution in [-0.2, 0) is 9.59 Å². The van der Waals surface area contributed by atoms with Gasteiger partial charge in [0.1, 0.15) is 12.6 Å². The molecule has 1 N–H and O–H groups in total. The van der Waals surface area contributed by atoms with Gasteiger partial charge in [-0.25, -0.2) is 0 Å². The van der Waals surface area contributed by atoms with E-state index in [4.69, 9.17) is 9.47 Å². The number of nitrogens with one attached hydrogen (secondary N) is 1. The Bertz CT molecular complexity index is 504. The molecule has 1 atom stereocenters. The highest BCUT2D eigenvalue weighted by atomic mass is 16.5. The number of methoxy groups -OCH3 is 1. The van der Waals surface area contributed by atoms with E-state index in [-0.39, 0.29) is 18.4 Å². The molecule has 1 aromatic carbocycles. The monoisotopic (exact) mass is 278 g/mol. The predicted molar refractivity (Wildman–Crippen MR) is 72.7 cm³/mol. The summed E-state index contributed by atoms with van der Waals surface area (Å²) in [5.41, 5.74) is 0. The summed E-state index contributed by atoms with van der Waals surface area (Å²) in [5.74, 6) is 1.03. The van der Waals surface area contributed by atoms with Crippen molar-refractivity contribution in [2.45, 2.75) is 13.0 Å². The first kappa shape index (κ1) is 14.2. The predicted octanol–water partition coefficient (Wildman–Crippen LogP) is 0.421. The van der Waals surface area contributed by atoms with Crippen molar-refractivity contribution in [1.82, 2.24) is 10.2 Å². The molecule has 0 radical (unpaired) electrons. The van der Waals surface area contributed by atoms with Crippen LogP contribution >= 0.6 is 0 Å². The van der Waals surface area contributed by atoms with E-state index in [1.165, 1.54) is 4.90 Å². The lowest BCUT2D eigenvalue weighted by Gasteiger charge is -2.30. The molecule has 1 aromatic rings. The first-order valence-corrected chi connectivity index (χ1v) is 6.46. The van der Waals surface area contributed by atoms with E-state index >= 15 is 0 Å². The van der Waals surface area contributed by atoms with Crippen molar-refractivity contribution in [3.63, 3.8) is 0 Å². The number of ether oxygens (including phenoxy) is 2. The van der Waals surface area contributed by atoms with Crippen molar-refractivity contribution in [2.75, 3.05) is 26.8 Å². The molecule has 0 saturated carbocycles. The second kappa shape index (κ2) is 6.27. The Balaban J connectivity index is 1.89. The average molecular weight is 278 g/mol. The van der Waals surface area contributed by atoms with Gasteiger partial charge in [-0.2, -0.15) is 0 Å². The van der Waals surface area contributed by atoms with Gasteiger partial charge in [-0.15, -0.1) is 0 Å². The number of piperazine rings is 1. The number of carbonyl (C=O) groups excluding carboxylic acids is 2. The zero-order valence-corrected chi connectivity index (χ0v) is 11.6.